The predicted octanol–water partition coefficient (Wildman–Crippen LogP) is -0.285. The summed E-state index contributed by atoms with van der Waals surface area (Å²) in [4.78, 5) is 0. The molecule has 1 heterocycles. The van der Waals surface area contributed by atoms with E-state index < -0.39 is 14.7 Å². The van der Waals surface area contributed by atoms with Crippen LogP contribution in [0.4, 0.5) is 0 Å². The molecule has 0 radical (unpaired) electrons. The Morgan fingerprint density at radius 2 is 1.80 bits per heavy atom. The Morgan fingerprint density at radius 3 is 2.10 bits per heavy atom. The van der Waals surface area contributed by atoms with Crippen LogP contribution in [0.1, 0.15) is 0 Å². The highest BCUT2D eigenvalue weighted by atomic mass is 29.8. The maximum absolute atomic E-state index is 5.72. The van der Waals surface area contributed by atoms with Gasteiger partial charge in [-0.15, -0.1) is 0 Å². The largest absolute Gasteiger partial charge is 0.432 e. The Bertz CT molecular complexity index is 118. The zero-order valence-electron chi connectivity index (χ0n) is 7.53. The molecule has 0 amide bonds. The highest BCUT2D eigenvalue weighted by Crippen LogP contribution is 2.20. The molecule has 1 aliphatic heterocycles. The Morgan fingerprint density at radius 1 is 1.20 bits per heavy atom. The van der Waals surface area contributed by atoms with Crippen LogP contribution in [0.3, 0.4) is 0 Å². The lowest BCUT2D eigenvalue weighted by Crippen LogP contribution is -2.67. The van der Waals surface area contributed by atoms with Crippen molar-refractivity contribution in [2.75, 3.05) is 6.23 Å². The van der Waals surface area contributed by atoms with Crippen molar-refractivity contribution in [2.24, 2.45) is 0 Å². The average Bonchev–Trinajstić information content (AvgIpc) is 1.77. The molecule has 0 N–H and O–H groups in total. The molecule has 1 nitrogen and oxygen atoms in total. The van der Waals surface area contributed by atoms with Gasteiger partial charge >= 0.3 is 0 Å². The van der Waals surface area contributed by atoms with Gasteiger partial charge in [-0.2, -0.15) is 0 Å². The lowest BCUT2D eigenvalue weighted by atomic mass is 11.7. The SMILES string of the molecule is C[Si]1(C)CO[SiH2][SiH2][Si]1(C)C. The second-order valence-corrected chi connectivity index (χ2v) is 36.5. The van der Waals surface area contributed by atoms with Gasteiger partial charge < -0.3 is 4.43 Å². The molecule has 1 aliphatic rings. The summed E-state index contributed by atoms with van der Waals surface area (Å²) in [5.41, 5.74) is 0. The van der Waals surface area contributed by atoms with E-state index in [2.05, 4.69) is 26.2 Å². The first kappa shape index (κ1) is 8.92. The molecule has 0 aromatic rings. The van der Waals surface area contributed by atoms with Crippen molar-refractivity contribution in [1.82, 2.24) is 0 Å². The van der Waals surface area contributed by atoms with Crippen LogP contribution in [-0.4, -0.2) is 38.8 Å². The molecule has 0 saturated carbocycles. The molecule has 10 heavy (non-hydrogen) atoms. The summed E-state index contributed by atoms with van der Waals surface area (Å²) in [5.74, 6) is 0. The Labute approximate surface area is 69.7 Å². The minimum atomic E-state index is -0.805. The van der Waals surface area contributed by atoms with E-state index in [1.54, 1.807) is 0 Å². The molecule has 0 bridgehead atoms. The monoisotopic (exact) mass is 206 g/mol. The zero-order chi connectivity index (χ0) is 7.83. The van der Waals surface area contributed by atoms with Gasteiger partial charge in [-0.25, -0.2) is 0 Å². The topological polar surface area (TPSA) is 9.23 Å². The highest BCUT2D eigenvalue weighted by Gasteiger charge is 2.43. The van der Waals surface area contributed by atoms with Crippen LogP contribution in [0.5, 0.6) is 0 Å². The van der Waals surface area contributed by atoms with Gasteiger partial charge in [0.25, 0.3) is 0 Å². The van der Waals surface area contributed by atoms with Gasteiger partial charge in [0.2, 0.25) is 0 Å². The Balaban J connectivity index is 2.70. The standard InChI is InChI=1S/C5H18OSi4/c1-9(2)5-6-7-8-10(9,3)4/h5,7-8H2,1-4H3. The van der Waals surface area contributed by atoms with Crippen molar-refractivity contribution in [2.45, 2.75) is 26.2 Å². The average molecular weight is 207 g/mol. The summed E-state index contributed by atoms with van der Waals surface area (Å²) in [6.07, 6.45) is 1.21. The van der Waals surface area contributed by atoms with Crippen LogP contribution in [-0.2, 0) is 4.43 Å². The van der Waals surface area contributed by atoms with Crippen LogP contribution < -0.4 is 0 Å². The number of hydrogen-bond acceptors (Lipinski definition) is 1. The van der Waals surface area contributed by atoms with E-state index in [1.165, 1.54) is 6.23 Å². The van der Waals surface area contributed by atoms with Crippen LogP contribution >= 0.6 is 0 Å². The molecular weight excluding hydrogens is 188 g/mol. The fraction of sp³-hybridized carbons (Fsp3) is 1.00. The number of hydrogen-bond donors (Lipinski definition) is 0. The van der Waals surface area contributed by atoms with Crippen molar-refractivity contribution >= 4 is 32.5 Å². The van der Waals surface area contributed by atoms with Crippen molar-refractivity contribution in [3.8, 4) is 0 Å². The Kier molecular flexibility index (Phi) is 2.41. The van der Waals surface area contributed by atoms with Crippen LogP contribution in [0.15, 0.2) is 0 Å². The summed E-state index contributed by atoms with van der Waals surface area (Å²) in [6, 6.07) is 0. The second kappa shape index (κ2) is 2.70. The molecule has 1 fully saturated rings. The normalized spacial score (nSPS) is 34.8. The first-order valence-electron chi connectivity index (χ1n) is 4.03. The molecule has 0 spiro atoms. The highest BCUT2D eigenvalue weighted by molar-refractivity contribution is 7.68. The third kappa shape index (κ3) is 1.53. The molecular formula is C5H18OSi4. The van der Waals surface area contributed by atoms with Crippen LogP contribution in [0.25, 0.3) is 0 Å². The van der Waals surface area contributed by atoms with Gasteiger partial charge in [-0.3, -0.25) is 0 Å². The van der Waals surface area contributed by atoms with E-state index in [0.717, 1.165) is 0 Å². The molecule has 0 atom stereocenters. The fourth-order valence-corrected chi connectivity index (χ4v) is 46.8. The minimum absolute atomic E-state index is 0.0708. The Hall–Kier alpha value is 0.828. The lowest BCUT2D eigenvalue weighted by molar-refractivity contribution is 0.414. The summed E-state index contributed by atoms with van der Waals surface area (Å²) in [6.45, 7) is 10.3. The maximum Gasteiger partial charge on any atom is 0.140 e. The van der Waals surface area contributed by atoms with Gasteiger partial charge in [0.1, 0.15) is 9.28 Å². The van der Waals surface area contributed by atoms with Gasteiger partial charge in [0.05, 0.1) is 7.59 Å². The van der Waals surface area contributed by atoms with Gasteiger partial charge in [0, 0.05) is 21.9 Å². The third-order valence-corrected chi connectivity index (χ3v) is 55.2. The van der Waals surface area contributed by atoms with Gasteiger partial charge in [-0.05, 0) is 0 Å². The summed E-state index contributed by atoms with van der Waals surface area (Å²) < 4.78 is 5.72. The van der Waals surface area contributed by atoms with E-state index in [-0.39, 0.29) is 9.28 Å². The summed E-state index contributed by atoms with van der Waals surface area (Å²) in [7, 11) is -0.988. The molecule has 0 aromatic heterocycles. The zero-order valence-corrected chi connectivity index (χ0v) is 12.4. The summed E-state index contributed by atoms with van der Waals surface area (Å²) >= 11 is 0. The maximum atomic E-state index is 5.72. The molecule has 60 valence electrons. The minimum Gasteiger partial charge on any atom is -0.432 e. The number of rotatable bonds is 0. The van der Waals surface area contributed by atoms with E-state index in [1.807, 2.05) is 0 Å². The van der Waals surface area contributed by atoms with E-state index >= 15 is 0 Å². The first-order chi connectivity index (χ1) is 4.46. The van der Waals surface area contributed by atoms with Gasteiger partial charge in [-0.1, -0.05) is 26.2 Å². The predicted molar refractivity (Wildman–Crippen MR) is 58.0 cm³/mol. The molecule has 5 heteroatoms. The van der Waals surface area contributed by atoms with Crippen LogP contribution in [0, 0.1) is 0 Å². The van der Waals surface area contributed by atoms with Crippen molar-refractivity contribution in [3.05, 3.63) is 0 Å². The quantitative estimate of drug-likeness (QED) is 0.495. The third-order valence-electron chi connectivity index (χ3n) is 3.17. The molecule has 1 rings (SSSR count). The summed E-state index contributed by atoms with van der Waals surface area (Å²) in [5, 5.41) is 0. The molecule has 0 unspecified atom stereocenters. The molecule has 1 saturated heterocycles. The molecule has 0 aromatic carbocycles. The lowest BCUT2D eigenvalue weighted by Gasteiger charge is -2.41. The van der Waals surface area contributed by atoms with E-state index in [9.17, 15) is 0 Å². The second-order valence-electron chi connectivity index (χ2n) is 4.57. The smallest absolute Gasteiger partial charge is 0.140 e. The molecule has 0 aliphatic carbocycles. The first-order valence-corrected chi connectivity index (χ1v) is 18.1. The van der Waals surface area contributed by atoms with Crippen molar-refractivity contribution in [3.63, 3.8) is 0 Å². The van der Waals surface area contributed by atoms with Crippen LogP contribution in [0.2, 0.25) is 26.2 Å². The van der Waals surface area contributed by atoms with Crippen molar-refractivity contribution in [1.29, 1.82) is 0 Å². The van der Waals surface area contributed by atoms with Gasteiger partial charge in [0.15, 0.2) is 0 Å². The van der Waals surface area contributed by atoms with E-state index in [4.69, 9.17) is 4.43 Å². The fourth-order valence-electron chi connectivity index (χ4n) is 1.19. The van der Waals surface area contributed by atoms with E-state index in [0.29, 0.717) is 8.55 Å². The van der Waals surface area contributed by atoms with Crippen molar-refractivity contribution < 1.29 is 4.43 Å².